The monoisotopic (exact) mass is 422 g/mol. The fourth-order valence-corrected chi connectivity index (χ4v) is 6.11. The van der Waals surface area contributed by atoms with Crippen molar-refractivity contribution in [1.29, 1.82) is 0 Å². The van der Waals surface area contributed by atoms with Crippen LogP contribution in [0.2, 0.25) is 0 Å². The average Bonchev–Trinajstić information content (AvgIpc) is 2.86. The molecule has 27 heavy (non-hydrogen) atoms. The molecular formula is C15H22N2O8S2. The Balaban J connectivity index is 2.30. The molecule has 1 fully saturated rings. The molecule has 0 radical (unpaired) electrons. The highest BCUT2D eigenvalue weighted by Crippen LogP contribution is 2.29. The fourth-order valence-electron chi connectivity index (χ4n) is 2.69. The van der Waals surface area contributed by atoms with Crippen molar-refractivity contribution in [2.24, 2.45) is 0 Å². The smallest absolute Gasteiger partial charge is 0.407 e. The molecule has 2 N–H and O–H groups in total. The van der Waals surface area contributed by atoms with Crippen molar-refractivity contribution in [3.63, 3.8) is 0 Å². The first-order chi connectivity index (χ1) is 12.6. The van der Waals surface area contributed by atoms with E-state index in [4.69, 9.17) is 14.2 Å². The van der Waals surface area contributed by atoms with Crippen LogP contribution in [0.25, 0.3) is 0 Å². The van der Waals surface area contributed by atoms with Crippen LogP contribution in [0.3, 0.4) is 0 Å². The summed E-state index contributed by atoms with van der Waals surface area (Å²) in [5.41, 5.74) is 0. The SMILES string of the molecule is CCOC(=O)N[C@H]1CS(=O)(=O)C[C@@H]1NS(=O)(=O)c1cc(OC)ccc1OC. The number of benzene rings is 1. The van der Waals surface area contributed by atoms with Crippen LogP contribution >= 0.6 is 0 Å². The van der Waals surface area contributed by atoms with Crippen molar-refractivity contribution in [2.75, 3.05) is 32.3 Å². The molecule has 1 aromatic rings. The lowest BCUT2D eigenvalue weighted by Crippen LogP contribution is -2.51. The Labute approximate surface area is 158 Å². The predicted octanol–water partition coefficient (Wildman–Crippen LogP) is -0.106. The number of sulfonamides is 1. The maximum Gasteiger partial charge on any atom is 0.407 e. The minimum absolute atomic E-state index is 0.0686. The van der Waals surface area contributed by atoms with E-state index in [-0.39, 0.29) is 23.0 Å². The van der Waals surface area contributed by atoms with E-state index >= 15 is 0 Å². The highest BCUT2D eigenvalue weighted by Gasteiger charge is 2.41. The third-order valence-corrected chi connectivity index (χ3v) is 7.14. The average molecular weight is 422 g/mol. The van der Waals surface area contributed by atoms with E-state index < -0.39 is 49.5 Å². The maximum absolute atomic E-state index is 12.8. The van der Waals surface area contributed by atoms with E-state index in [9.17, 15) is 21.6 Å². The number of hydrogen-bond acceptors (Lipinski definition) is 8. The van der Waals surface area contributed by atoms with Gasteiger partial charge in [-0.05, 0) is 19.1 Å². The molecular weight excluding hydrogens is 400 g/mol. The summed E-state index contributed by atoms with van der Waals surface area (Å²) in [6.45, 7) is 1.70. The largest absolute Gasteiger partial charge is 0.497 e. The molecule has 1 amide bonds. The van der Waals surface area contributed by atoms with Crippen molar-refractivity contribution >= 4 is 26.0 Å². The fraction of sp³-hybridized carbons (Fsp3) is 0.533. The summed E-state index contributed by atoms with van der Waals surface area (Å²) in [6, 6.07) is 2.20. The second-order valence-electron chi connectivity index (χ2n) is 5.79. The number of carbonyl (C=O) groups is 1. The van der Waals surface area contributed by atoms with Gasteiger partial charge in [-0.2, -0.15) is 0 Å². The van der Waals surface area contributed by atoms with Gasteiger partial charge in [-0.25, -0.2) is 26.4 Å². The summed E-state index contributed by atoms with van der Waals surface area (Å²) in [7, 11) is -5.01. The van der Waals surface area contributed by atoms with Crippen molar-refractivity contribution < 1.29 is 35.8 Å². The lowest BCUT2D eigenvalue weighted by Gasteiger charge is -2.21. The van der Waals surface area contributed by atoms with Crippen LogP contribution in [-0.4, -0.2) is 67.3 Å². The molecule has 152 valence electrons. The van der Waals surface area contributed by atoms with Gasteiger partial charge in [0.25, 0.3) is 0 Å². The molecule has 0 saturated carbocycles. The molecule has 2 atom stereocenters. The number of amides is 1. The number of sulfone groups is 1. The third kappa shape index (κ3) is 5.23. The molecule has 1 saturated heterocycles. The Morgan fingerprint density at radius 2 is 1.85 bits per heavy atom. The highest BCUT2D eigenvalue weighted by molar-refractivity contribution is 7.92. The van der Waals surface area contributed by atoms with E-state index in [1.165, 1.54) is 32.4 Å². The summed E-state index contributed by atoms with van der Waals surface area (Å²) in [5.74, 6) is -0.487. The first kappa shape index (κ1) is 21.3. The molecule has 1 aliphatic rings. The van der Waals surface area contributed by atoms with Gasteiger partial charge in [0.05, 0.1) is 44.4 Å². The normalized spacial score (nSPS) is 21.4. The van der Waals surface area contributed by atoms with Crippen LogP contribution in [-0.2, 0) is 24.6 Å². The Morgan fingerprint density at radius 3 is 2.44 bits per heavy atom. The van der Waals surface area contributed by atoms with Crippen LogP contribution in [0.4, 0.5) is 4.79 Å². The van der Waals surface area contributed by atoms with Crippen LogP contribution in [0, 0.1) is 0 Å². The molecule has 0 unspecified atom stereocenters. The van der Waals surface area contributed by atoms with E-state index in [1.807, 2.05) is 0 Å². The van der Waals surface area contributed by atoms with Gasteiger partial charge in [-0.1, -0.05) is 0 Å². The first-order valence-electron chi connectivity index (χ1n) is 8.00. The topological polar surface area (TPSA) is 137 Å². The summed E-state index contributed by atoms with van der Waals surface area (Å²) in [4.78, 5) is 11.4. The van der Waals surface area contributed by atoms with E-state index in [2.05, 4.69) is 10.0 Å². The van der Waals surface area contributed by atoms with Gasteiger partial charge in [-0.15, -0.1) is 0 Å². The van der Waals surface area contributed by atoms with Crippen LogP contribution in [0.15, 0.2) is 23.1 Å². The first-order valence-corrected chi connectivity index (χ1v) is 11.3. The Bertz CT molecular complexity index is 898. The second kappa shape index (κ2) is 8.31. The lowest BCUT2D eigenvalue weighted by molar-refractivity contribution is 0.148. The van der Waals surface area contributed by atoms with Crippen molar-refractivity contribution in [2.45, 2.75) is 23.9 Å². The van der Waals surface area contributed by atoms with Crippen molar-refractivity contribution in [1.82, 2.24) is 10.0 Å². The molecule has 0 bridgehead atoms. The van der Waals surface area contributed by atoms with Gasteiger partial charge in [0, 0.05) is 6.07 Å². The van der Waals surface area contributed by atoms with E-state index in [1.54, 1.807) is 6.92 Å². The number of methoxy groups -OCH3 is 2. The summed E-state index contributed by atoms with van der Waals surface area (Å²) in [5, 5.41) is 2.39. The van der Waals surface area contributed by atoms with Gasteiger partial charge in [-0.3, -0.25) is 0 Å². The lowest BCUT2D eigenvalue weighted by atomic mass is 10.2. The maximum atomic E-state index is 12.8. The molecule has 12 heteroatoms. The zero-order chi connectivity index (χ0) is 20.2. The standard InChI is InChI=1S/C15H22N2O8S2/c1-4-25-15(18)16-11-8-26(19,20)9-12(11)17-27(21,22)14-7-10(23-2)5-6-13(14)24-3/h5-7,11-12,17H,4,8-9H2,1-3H3,(H,16,18)/t11-,12-/m0/s1. The van der Waals surface area contributed by atoms with Crippen molar-refractivity contribution in [3.8, 4) is 11.5 Å². The van der Waals surface area contributed by atoms with Crippen molar-refractivity contribution in [3.05, 3.63) is 18.2 Å². The van der Waals surface area contributed by atoms with Gasteiger partial charge < -0.3 is 19.5 Å². The number of hydrogen-bond donors (Lipinski definition) is 2. The predicted molar refractivity (Wildman–Crippen MR) is 96.3 cm³/mol. The molecule has 0 aliphatic carbocycles. The molecule has 0 aromatic heterocycles. The van der Waals surface area contributed by atoms with Gasteiger partial charge >= 0.3 is 6.09 Å². The minimum atomic E-state index is -4.16. The van der Waals surface area contributed by atoms with Gasteiger partial charge in [0.1, 0.15) is 16.4 Å². The van der Waals surface area contributed by atoms with E-state index in [0.717, 1.165) is 0 Å². The van der Waals surface area contributed by atoms with Crippen LogP contribution in [0.5, 0.6) is 11.5 Å². The molecule has 2 rings (SSSR count). The molecule has 1 heterocycles. The second-order valence-corrected chi connectivity index (χ2v) is 9.63. The zero-order valence-electron chi connectivity index (χ0n) is 15.1. The number of ether oxygens (including phenoxy) is 3. The molecule has 1 aromatic carbocycles. The Morgan fingerprint density at radius 1 is 1.19 bits per heavy atom. The summed E-state index contributed by atoms with van der Waals surface area (Å²) in [6.07, 6.45) is -0.817. The Kier molecular flexibility index (Phi) is 6.54. The van der Waals surface area contributed by atoms with Gasteiger partial charge in [0.2, 0.25) is 10.0 Å². The number of rotatable bonds is 7. The van der Waals surface area contributed by atoms with E-state index in [0.29, 0.717) is 0 Å². The highest BCUT2D eigenvalue weighted by atomic mass is 32.2. The minimum Gasteiger partial charge on any atom is -0.497 e. The van der Waals surface area contributed by atoms with Crippen LogP contribution in [0.1, 0.15) is 6.92 Å². The van der Waals surface area contributed by atoms with Crippen LogP contribution < -0.4 is 19.5 Å². The molecule has 10 nitrogen and oxygen atoms in total. The zero-order valence-corrected chi connectivity index (χ0v) is 16.7. The number of nitrogens with one attached hydrogen (secondary N) is 2. The van der Waals surface area contributed by atoms with Gasteiger partial charge in [0.15, 0.2) is 9.84 Å². The Hall–Kier alpha value is -2.05. The third-order valence-electron chi connectivity index (χ3n) is 3.90. The number of alkyl carbamates (subject to hydrolysis) is 1. The quantitative estimate of drug-likeness (QED) is 0.621. The summed E-state index contributed by atoms with van der Waals surface area (Å²) < 4.78 is 66.8. The molecule has 1 aliphatic heterocycles. The molecule has 0 spiro atoms. The summed E-state index contributed by atoms with van der Waals surface area (Å²) >= 11 is 0. The number of carbonyl (C=O) groups excluding carboxylic acids is 1.